The molecule has 1 aromatic carbocycles. The predicted octanol–water partition coefficient (Wildman–Crippen LogP) is 4.45. The molecular formula is C18H32Cl2N2O. The molecule has 134 valence electrons. The molecule has 1 atom stereocenters. The number of rotatable bonds is 7. The maximum atomic E-state index is 5.75. The molecule has 0 radical (unpaired) electrons. The molecule has 1 aliphatic heterocycles. The minimum absolute atomic E-state index is 0. The second-order valence-electron chi connectivity index (χ2n) is 6.18. The summed E-state index contributed by atoms with van der Waals surface area (Å²) >= 11 is 0. The number of ether oxygens (including phenoxy) is 1. The first kappa shape index (κ1) is 22.5. The Kier molecular flexibility index (Phi) is 11.7. The summed E-state index contributed by atoms with van der Waals surface area (Å²) in [5.74, 6) is 0.975. The zero-order valence-corrected chi connectivity index (χ0v) is 16.2. The molecule has 23 heavy (non-hydrogen) atoms. The first-order valence-corrected chi connectivity index (χ1v) is 8.42. The minimum atomic E-state index is 0. The lowest BCUT2D eigenvalue weighted by atomic mass is 9.98. The van der Waals surface area contributed by atoms with Crippen molar-refractivity contribution < 1.29 is 4.74 Å². The number of nitrogens with one attached hydrogen (secondary N) is 1. The fraction of sp³-hybridized carbons (Fsp3) is 0.667. The Labute approximate surface area is 154 Å². The van der Waals surface area contributed by atoms with Gasteiger partial charge in [0.25, 0.3) is 0 Å². The van der Waals surface area contributed by atoms with Gasteiger partial charge in [-0.3, -0.25) is 4.90 Å². The number of nitrogens with zero attached hydrogens (tertiary/aromatic N) is 1. The van der Waals surface area contributed by atoms with Crippen molar-refractivity contribution in [2.45, 2.75) is 52.2 Å². The van der Waals surface area contributed by atoms with E-state index in [1.807, 2.05) is 0 Å². The van der Waals surface area contributed by atoms with E-state index >= 15 is 0 Å². The lowest BCUT2D eigenvalue weighted by Crippen LogP contribution is -2.45. The van der Waals surface area contributed by atoms with Crippen LogP contribution in [0.5, 0.6) is 5.75 Å². The van der Waals surface area contributed by atoms with E-state index in [1.165, 1.54) is 24.8 Å². The summed E-state index contributed by atoms with van der Waals surface area (Å²) in [6, 6.07) is 9.30. The minimum Gasteiger partial charge on any atom is -0.491 e. The summed E-state index contributed by atoms with van der Waals surface area (Å²) in [5, 5.41) is 3.45. The number of halogens is 2. The van der Waals surface area contributed by atoms with Gasteiger partial charge in [0.2, 0.25) is 0 Å². The van der Waals surface area contributed by atoms with E-state index in [0.29, 0.717) is 6.04 Å². The number of piperazine rings is 1. The Morgan fingerprint density at radius 3 is 2.22 bits per heavy atom. The molecule has 3 nitrogen and oxygen atoms in total. The van der Waals surface area contributed by atoms with E-state index in [-0.39, 0.29) is 30.9 Å². The van der Waals surface area contributed by atoms with Crippen LogP contribution in [0.15, 0.2) is 24.3 Å². The molecular weight excluding hydrogens is 331 g/mol. The molecule has 1 heterocycles. The van der Waals surface area contributed by atoms with E-state index in [9.17, 15) is 0 Å². The van der Waals surface area contributed by atoms with Gasteiger partial charge in [-0.1, -0.05) is 31.9 Å². The van der Waals surface area contributed by atoms with Gasteiger partial charge in [0.1, 0.15) is 5.75 Å². The molecule has 1 saturated heterocycles. The van der Waals surface area contributed by atoms with Crippen molar-refractivity contribution in [1.82, 2.24) is 10.2 Å². The lowest BCUT2D eigenvalue weighted by molar-refractivity contribution is 0.163. The molecule has 1 N–H and O–H groups in total. The second kappa shape index (κ2) is 12.0. The summed E-state index contributed by atoms with van der Waals surface area (Å²) in [6.07, 6.45) is 4.04. The van der Waals surface area contributed by atoms with Gasteiger partial charge in [0, 0.05) is 32.2 Å². The zero-order valence-electron chi connectivity index (χ0n) is 14.6. The smallest absolute Gasteiger partial charge is 0.119 e. The fourth-order valence-electron chi connectivity index (χ4n) is 2.99. The topological polar surface area (TPSA) is 24.5 Å². The molecule has 0 aliphatic carbocycles. The van der Waals surface area contributed by atoms with Crippen LogP contribution in [0.2, 0.25) is 0 Å². The summed E-state index contributed by atoms with van der Waals surface area (Å²) in [6.45, 7) is 10.9. The Bertz CT molecular complexity index is 406. The Hall–Kier alpha value is -0.480. The summed E-state index contributed by atoms with van der Waals surface area (Å²) in [4.78, 5) is 2.63. The monoisotopic (exact) mass is 362 g/mol. The maximum absolute atomic E-state index is 5.75. The SMILES string of the molecule is CCCC[C@H](c1ccc(OC(C)C)cc1)N1CCNCC1.Cl.Cl. The van der Waals surface area contributed by atoms with Crippen molar-refractivity contribution in [2.75, 3.05) is 26.2 Å². The van der Waals surface area contributed by atoms with Crippen molar-refractivity contribution in [3.05, 3.63) is 29.8 Å². The highest BCUT2D eigenvalue weighted by Crippen LogP contribution is 2.28. The Morgan fingerprint density at radius 2 is 1.70 bits per heavy atom. The Morgan fingerprint density at radius 1 is 1.09 bits per heavy atom. The molecule has 0 amide bonds. The van der Waals surface area contributed by atoms with E-state index in [2.05, 4.69) is 55.3 Å². The largest absolute Gasteiger partial charge is 0.491 e. The lowest BCUT2D eigenvalue weighted by Gasteiger charge is -2.35. The average molecular weight is 363 g/mol. The fourth-order valence-corrected chi connectivity index (χ4v) is 2.99. The van der Waals surface area contributed by atoms with E-state index in [4.69, 9.17) is 4.74 Å². The number of hydrogen-bond acceptors (Lipinski definition) is 3. The van der Waals surface area contributed by atoms with Crippen molar-refractivity contribution in [3.8, 4) is 5.75 Å². The van der Waals surface area contributed by atoms with E-state index < -0.39 is 0 Å². The molecule has 0 bridgehead atoms. The molecule has 0 saturated carbocycles. The van der Waals surface area contributed by atoms with Crippen LogP contribution in [0.3, 0.4) is 0 Å². The summed E-state index contributed by atoms with van der Waals surface area (Å²) < 4.78 is 5.75. The van der Waals surface area contributed by atoms with Gasteiger partial charge < -0.3 is 10.1 Å². The first-order valence-electron chi connectivity index (χ1n) is 8.42. The van der Waals surface area contributed by atoms with Gasteiger partial charge in [0.05, 0.1) is 6.10 Å². The van der Waals surface area contributed by atoms with Gasteiger partial charge in [-0.05, 0) is 38.0 Å². The van der Waals surface area contributed by atoms with Crippen molar-refractivity contribution in [1.29, 1.82) is 0 Å². The van der Waals surface area contributed by atoms with Crippen LogP contribution in [0.1, 0.15) is 51.6 Å². The summed E-state index contributed by atoms with van der Waals surface area (Å²) in [5.41, 5.74) is 1.43. The third-order valence-corrected chi connectivity index (χ3v) is 4.06. The normalized spacial score (nSPS) is 16.3. The van der Waals surface area contributed by atoms with Gasteiger partial charge in [-0.15, -0.1) is 24.8 Å². The van der Waals surface area contributed by atoms with E-state index in [1.54, 1.807) is 0 Å². The van der Waals surface area contributed by atoms with Gasteiger partial charge >= 0.3 is 0 Å². The first-order chi connectivity index (χ1) is 10.2. The zero-order chi connectivity index (χ0) is 15.1. The molecule has 1 fully saturated rings. The average Bonchev–Trinajstić information content (AvgIpc) is 2.50. The second-order valence-corrected chi connectivity index (χ2v) is 6.18. The standard InChI is InChI=1S/C18H30N2O.2ClH/c1-4-5-6-18(20-13-11-19-12-14-20)16-7-9-17(10-8-16)21-15(2)3;;/h7-10,15,18-19H,4-6,11-14H2,1-3H3;2*1H/t18-;;/m1../s1. The van der Waals surface area contributed by atoms with Crippen molar-refractivity contribution in [2.24, 2.45) is 0 Å². The van der Waals surface area contributed by atoms with Crippen LogP contribution in [-0.4, -0.2) is 37.2 Å². The van der Waals surface area contributed by atoms with Gasteiger partial charge in [0.15, 0.2) is 0 Å². The van der Waals surface area contributed by atoms with Crippen LogP contribution in [0, 0.1) is 0 Å². The molecule has 5 heteroatoms. The molecule has 2 rings (SSSR count). The van der Waals surface area contributed by atoms with Crippen LogP contribution < -0.4 is 10.1 Å². The highest BCUT2D eigenvalue weighted by molar-refractivity contribution is 5.85. The number of benzene rings is 1. The molecule has 1 aliphatic rings. The summed E-state index contributed by atoms with van der Waals surface area (Å²) in [7, 11) is 0. The predicted molar refractivity (Wildman–Crippen MR) is 103 cm³/mol. The van der Waals surface area contributed by atoms with Crippen LogP contribution in [0.4, 0.5) is 0 Å². The molecule has 0 unspecified atom stereocenters. The number of unbranched alkanes of at least 4 members (excludes halogenated alkanes) is 1. The molecule has 0 spiro atoms. The quantitative estimate of drug-likeness (QED) is 0.774. The van der Waals surface area contributed by atoms with Gasteiger partial charge in [-0.2, -0.15) is 0 Å². The van der Waals surface area contributed by atoms with Crippen molar-refractivity contribution in [3.63, 3.8) is 0 Å². The van der Waals surface area contributed by atoms with Crippen LogP contribution in [0.25, 0.3) is 0 Å². The molecule has 1 aromatic rings. The van der Waals surface area contributed by atoms with Crippen LogP contribution >= 0.6 is 24.8 Å². The molecule has 0 aromatic heterocycles. The van der Waals surface area contributed by atoms with Crippen LogP contribution in [-0.2, 0) is 0 Å². The highest BCUT2D eigenvalue weighted by Gasteiger charge is 2.21. The van der Waals surface area contributed by atoms with Gasteiger partial charge in [-0.25, -0.2) is 0 Å². The maximum Gasteiger partial charge on any atom is 0.119 e. The van der Waals surface area contributed by atoms with E-state index in [0.717, 1.165) is 31.9 Å². The highest BCUT2D eigenvalue weighted by atomic mass is 35.5. The third kappa shape index (κ3) is 7.30. The van der Waals surface area contributed by atoms with Crippen molar-refractivity contribution >= 4 is 24.8 Å². The number of hydrogen-bond donors (Lipinski definition) is 1. The Balaban J connectivity index is 0.00000242. The third-order valence-electron chi connectivity index (χ3n) is 4.06.